The topological polar surface area (TPSA) is 71.6 Å². The fraction of sp³-hybridized carbons (Fsp3) is 0.692. The third-order valence-corrected chi connectivity index (χ3v) is 7.28. The number of hydrogen-bond donors (Lipinski definition) is 0. The minimum absolute atomic E-state index is 0.00154. The Kier molecular flexibility index (Phi) is 8.32. The second kappa shape index (κ2) is 11.4. The third kappa shape index (κ3) is 6.02. The molecule has 34 heavy (non-hydrogen) atoms. The predicted octanol–water partition coefficient (Wildman–Crippen LogP) is 2.54. The molecule has 0 aliphatic carbocycles. The lowest BCUT2D eigenvalue weighted by Crippen LogP contribution is -2.52. The molecule has 3 aliphatic heterocycles. The van der Waals surface area contributed by atoms with E-state index in [1.165, 1.54) is 0 Å². The smallest absolute Gasteiger partial charge is 0.310 e. The van der Waals surface area contributed by atoms with Gasteiger partial charge in [-0.05, 0) is 52.1 Å². The number of hydrogen-bond acceptors (Lipinski definition) is 7. The van der Waals surface area contributed by atoms with Crippen molar-refractivity contribution in [3.05, 3.63) is 23.8 Å². The lowest BCUT2D eigenvalue weighted by Gasteiger charge is -2.42. The van der Waals surface area contributed by atoms with Crippen LogP contribution < -0.4 is 9.47 Å². The molecule has 3 aliphatic rings. The number of nitrogens with zero attached hydrogens (tertiary/aromatic N) is 3. The van der Waals surface area contributed by atoms with E-state index in [-0.39, 0.29) is 23.9 Å². The number of benzene rings is 1. The number of ether oxygens (including phenoxy) is 3. The molecule has 0 radical (unpaired) electrons. The largest absolute Gasteiger partial charge is 0.497 e. The van der Waals surface area contributed by atoms with Gasteiger partial charge in [0.25, 0.3) is 0 Å². The molecule has 0 bridgehead atoms. The Bertz CT molecular complexity index is 855. The first-order valence-electron chi connectivity index (χ1n) is 12.7. The molecule has 3 heterocycles. The molecule has 1 amide bonds. The third-order valence-electron chi connectivity index (χ3n) is 7.28. The lowest BCUT2D eigenvalue weighted by atomic mass is 9.94. The normalized spacial score (nSPS) is 24.6. The highest BCUT2D eigenvalue weighted by Crippen LogP contribution is 2.30. The van der Waals surface area contributed by atoms with E-state index in [4.69, 9.17) is 14.2 Å². The number of likely N-dealkylation sites (tertiary alicyclic amines) is 2. The van der Waals surface area contributed by atoms with Crippen LogP contribution in [0.15, 0.2) is 18.2 Å². The van der Waals surface area contributed by atoms with E-state index >= 15 is 0 Å². The Labute approximate surface area is 203 Å². The van der Waals surface area contributed by atoms with Crippen LogP contribution in [0.5, 0.6) is 11.5 Å². The maximum Gasteiger partial charge on any atom is 0.310 e. The van der Waals surface area contributed by atoms with E-state index < -0.39 is 0 Å². The zero-order valence-corrected chi connectivity index (χ0v) is 20.8. The number of esters is 1. The van der Waals surface area contributed by atoms with E-state index in [0.29, 0.717) is 32.3 Å². The molecule has 0 spiro atoms. The van der Waals surface area contributed by atoms with Crippen LogP contribution in [0, 0.1) is 5.92 Å². The summed E-state index contributed by atoms with van der Waals surface area (Å²) in [6.45, 7) is 9.51. The highest BCUT2D eigenvalue weighted by Gasteiger charge is 2.33. The molecule has 2 atom stereocenters. The maximum atomic E-state index is 13.1. The van der Waals surface area contributed by atoms with Gasteiger partial charge in [0, 0.05) is 50.4 Å². The first-order chi connectivity index (χ1) is 16.5. The number of methoxy groups -OCH3 is 1. The number of fused-ring (bicyclic) bond motifs is 1. The van der Waals surface area contributed by atoms with Crippen LogP contribution in [0.25, 0.3) is 0 Å². The van der Waals surface area contributed by atoms with Crippen LogP contribution >= 0.6 is 0 Å². The van der Waals surface area contributed by atoms with E-state index in [1.807, 2.05) is 36.9 Å². The van der Waals surface area contributed by atoms with Crippen LogP contribution in [0.3, 0.4) is 0 Å². The van der Waals surface area contributed by atoms with Gasteiger partial charge in [0.05, 0.1) is 26.2 Å². The lowest BCUT2D eigenvalue weighted by molar-refractivity contribution is -0.150. The Hall–Kier alpha value is -2.32. The Balaban J connectivity index is 1.28. The van der Waals surface area contributed by atoms with Crippen molar-refractivity contribution in [2.24, 2.45) is 5.92 Å². The van der Waals surface area contributed by atoms with Gasteiger partial charge in [0.2, 0.25) is 5.91 Å². The maximum absolute atomic E-state index is 13.1. The van der Waals surface area contributed by atoms with Gasteiger partial charge in [-0.15, -0.1) is 0 Å². The average molecular weight is 474 g/mol. The van der Waals surface area contributed by atoms with Crippen molar-refractivity contribution >= 4 is 11.9 Å². The molecule has 2 fully saturated rings. The zero-order chi connectivity index (χ0) is 24.1. The van der Waals surface area contributed by atoms with Crippen molar-refractivity contribution in [1.29, 1.82) is 0 Å². The minimum atomic E-state index is -0.0597. The molecule has 4 rings (SSSR count). The molecule has 2 saturated heterocycles. The quantitative estimate of drug-likeness (QED) is 0.588. The first-order valence-corrected chi connectivity index (χ1v) is 12.7. The molecule has 0 unspecified atom stereocenters. The Morgan fingerprint density at radius 2 is 1.91 bits per heavy atom. The molecule has 1 aromatic rings. The van der Waals surface area contributed by atoms with Gasteiger partial charge in [-0.1, -0.05) is 6.07 Å². The highest BCUT2D eigenvalue weighted by molar-refractivity contribution is 5.78. The standard InChI is InChI=1S/C26H39N3O5/c1-4-33-26(31)21-6-5-11-29(17-21)22-9-12-28(13-10-22)25(30)18-27-15-19(2)34-24-14-23(32-3)8-7-20(24)16-27/h7-8,14,19,21-22H,4-6,9-13,15-18H2,1-3H3/t19-,21-/m1/s1. The summed E-state index contributed by atoms with van der Waals surface area (Å²) in [4.78, 5) is 32.0. The molecule has 8 heteroatoms. The van der Waals surface area contributed by atoms with Gasteiger partial charge in [0.15, 0.2) is 0 Å². The first kappa shape index (κ1) is 24.8. The summed E-state index contributed by atoms with van der Waals surface area (Å²) in [6, 6.07) is 6.33. The molecular formula is C26H39N3O5. The second-order valence-corrected chi connectivity index (χ2v) is 9.77. The monoisotopic (exact) mass is 473 g/mol. The number of carbonyl (C=O) groups excluding carboxylic acids is 2. The molecule has 1 aromatic carbocycles. The van der Waals surface area contributed by atoms with Crippen molar-refractivity contribution in [2.45, 2.75) is 58.2 Å². The zero-order valence-electron chi connectivity index (χ0n) is 20.8. The SMILES string of the molecule is CCOC(=O)[C@@H]1CCCN(C2CCN(C(=O)CN3Cc4ccc(OC)cc4O[C@H](C)C3)CC2)C1. The number of rotatable bonds is 6. The van der Waals surface area contributed by atoms with Gasteiger partial charge in [-0.2, -0.15) is 0 Å². The van der Waals surface area contributed by atoms with Gasteiger partial charge < -0.3 is 19.1 Å². The van der Waals surface area contributed by atoms with Crippen LogP contribution in [-0.2, 0) is 20.9 Å². The Morgan fingerprint density at radius 3 is 2.65 bits per heavy atom. The average Bonchev–Trinajstić information content (AvgIpc) is 3.00. The van der Waals surface area contributed by atoms with E-state index in [2.05, 4.69) is 9.80 Å². The number of piperidine rings is 2. The van der Waals surface area contributed by atoms with Crippen molar-refractivity contribution in [1.82, 2.24) is 14.7 Å². The van der Waals surface area contributed by atoms with E-state index in [1.54, 1.807) is 7.11 Å². The fourth-order valence-electron chi connectivity index (χ4n) is 5.51. The van der Waals surface area contributed by atoms with Gasteiger partial charge in [0.1, 0.15) is 17.6 Å². The molecule has 188 valence electrons. The van der Waals surface area contributed by atoms with Crippen molar-refractivity contribution < 1.29 is 23.8 Å². The number of carbonyl (C=O) groups is 2. The summed E-state index contributed by atoms with van der Waals surface area (Å²) >= 11 is 0. The van der Waals surface area contributed by atoms with Crippen LogP contribution in [0.4, 0.5) is 0 Å². The van der Waals surface area contributed by atoms with Gasteiger partial charge in [-0.25, -0.2) is 0 Å². The van der Waals surface area contributed by atoms with E-state index in [9.17, 15) is 9.59 Å². The molecule has 0 aromatic heterocycles. The van der Waals surface area contributed by atoms with Gasteiger partial charge in [-0.3, -0.25) is 19.4 Å². The summed E-state index contributed by atoms with van der Waals surface area (Å²) < 4.78 is 16.7. The summed E-state index contributed by atoms with van der Waals surface area (Å²) in [5.41, 5.74) is 1.08. The van der Waals surface area contributed by atoms with Crippen LogP contribution in [0.2, 0.25) is 0 Å². The second-order valence-electron chi connectivity index (χ2n) is 9.77. The molecule has 0 N–H and O–H groups in total. The molecular weight excluding hydrogens is 434 g/mol. The summed E-state index contributed by atoms with van der Waals surface area (Å²) in [5.74, 6) is 1.73. The molecule has 0 saturated carbocycles. The van der Waals surface area contributed by atoms with Crippen LogP contribution in [-0.4, -0.2) is 91.7 Å². The summed E-state index contributed by atoms with van der Waals surface area (Å²) in [5, 5.41) is 0. The van der Waals surface area contributed by atoms with Crippen molar-refractivity contribution in [2.75, 3.05) is 53.0 Å². The minimum Gasteiger partial charge on any atom is -0.497 e. The highest BCUT2D eigenvalue weighted by atomic mass is 16.5. The summed E-state index contributed by atoms with van der Waals surface area (Å²) in [7, 11) is 1.65. The molecule has 8 nitrogen and oxygen atoms in total. The predicted molar refractivity (Wildman–Crippen MR) is 129 cm³/mol. The number of amides is 1. The van der Waals surface area contributed by atoms with Crippen molar-refractivity contribution in [3.8, 4) is 11.5 Å². The fourth-order valence-corrected chi connectivity index (χ4v) is 5.51. The Morgan fingerprint density at radius 1 is 1.12 bits per heavy atom. The van der Waals surface area contributed by atoms with Gasteiger partial charge >= 0.3 is 5.97 Å². The summed E-state index contributed by atoms with van der Waals surface area (Å²) in [6.07, 6.45) is 3.87. The van der Waals surface area contributed by atoms with Crippen LogP contribution in [0.1, 0.15) is 45.1 Å². The van der Waals surface area contributed by atoms with E-state index in [0.717, 1.165) is 68.9 Å². The van der Waals surface area contributed by atoms with Crippen molar-refractivity contribution in [3.63, 3.8) is 0 Å².